The second-order valence-corrected chi connectivity index (χ2v) is 12.0. The maximum absolute atomic E-state index is 13.4. The lowest BCUT2D eigenvalue weighted by Gasteiger charge is -2.30. The zero-order valence-electron chi connectivity index (χ0n) is 21.8. The number of nitrogens with one attached hydrogen (secondary N) is 1. The fourth-order valence-electron chi connectivity index (χ4n) is 3.64. The molecule has 2 rings (SSSR count). The summed E-state index contributed by atoms with van der Waals surface area (Å²) in [5.41, 5.74) is 1.10. The van der Waals surface area contributed by atoms with Gasteiger partial charge >= 0.3 is 0 Å². The molecule has 2 aromatic rings. The van der Waals surface area contributed by atoms with Crippen molar-refractivity contribution in [1.29, 1.82) is 0 Å². The van der Waals surface area contributed by atoms with Gasteiger partial charge in [-0.1, -0.05) is 49.2 Å². The van der Waals surface area contributed by atoms with Crippen LogP contribution < -0.4 is 14.4 Å². The van der Waals surface area contributed by atoms with Crippen molar-refractivity contribution < 1.29 is 22.7 Å². The van der Waals surface area contributed by atoms with Crippen LogP contribution in [-0.4, -0.2) is 57.6 Å². The largest absolute Gasteiger partial charge is 0.497 e. The monoisotopic (exact) mass is 571 g/mol. The van der Waals surface area contributed by atoms with E-state index in [9.17, 15) is 18.0 Å². The molecule has 0 aliphatic carbocycles. The summed E-state index contributed by atoms with van der Waals surface area (Å²) in [6.07, 6.45) is 1.39. The Kier molecular flexibility index (Phi) is 11.5. The molecular formula is C26H35Cl2N3O5S. The average molecular weight is 573 g/mol. The van der Waals surface area contributed by atoms with Crippen LogP contribution in [0.3, 0.4) is 0 Å². The van der Waals surface area contributed by atoms with Crippen molar-refractivity contribution in [2.45, 2.75) is 46.2 Å². The predicted molar refractivity (Wildman–Crippen MR) is 149 cm³/mol. The Morgan fingerprint density at radius 2 is 1.78 bits per heavy atom. The number of carbonyl (C=O) groups is 2. The van der Waals surface area contributed by atoms with Crippen LogP contribution in [0.4, 0.5) is 5.69 Å². The summed E-state index contributed by atoms with van der Waals surface area (Å²) in [4.78, 5) is 27.6. The molecular weight excluding hydrogens is 537 g/mol. The molecule has 11 heteroatoms. The lowest BCUT2D eigenvalue weighted by atomic mass is 10.1. The highest BCUT2D eigenvalue weighted by atomic mass is 35.5. The predicted octanol–water partition coefficient (Wildman–Crippen LogP) is 4.74. The first-order valence-corrected chi connectivity index (χ1v) is 14.6. The highest BCUT2D eigenvalue weighted by molar-refractivity contribution is 7.92. The third-order valence-electron chi connectivity index (χ3n) is 5.70. The Hall–Kier alpha value is -2.49. The first-order chi connectivity index (χ1) is 17.3. The number of sulfonamides is 1. The summed E-state index contributed by atoms with van der Waals surface area (Å²) < 4.78 is 31.4. The number of anilines is 1. The number of rotatable bonds is 13. The number of ether oxygens (including phenoxy) is 1. The molecule has 1 unspecified atom stereocenters. The molecule has 0 saturated heterocycles. The molecule has 0 aliphatic rings. The quantitative estimate of drug-likeness (QED) is 0.374. The molecule has 0 aromatic heterocycles. The normalized spacial score (nSPS) is 12.2. The summed E-state index contributed by atoms with van der Waals surface area (Å²) >= 11 is 12.4. The summed E-state index contributed by atoms with van der Waals surface area (Å²) in [6, 6.07) is 10.9. The van der Waals surface area contributed by atoms with Crippen LogP contribution in [0.2, 0.25) is 10.0 Å². The molecule has 0 saturated carbocycles. The van der Waals surface area contributed by atoms with Crippen molar-refractivity contribution in [2.24, 2.45) is 5.92 Å². The van der Waals surface area contributed by atoms with Gasteiger partial charge in [0.1, 0.15) is 11.8 Å². The highest BCUT2D eigenvalue weighted by Crippen LogP contribution is 2.25. The summed E-state index contributed by atoms with van der Waals surface area (Å²) in [5.74, 6) is 0.206. The lowest BCUT2D eigenvalue weighted by molar-refractivity contribution is -0.140. The van der Waals surface area contributed by atoms with Gasteiger partial charge in [-0.2, -0.15) is 0 Å². The Morgan fingerprint density at radius 1 is 1.08 bits per heavy atom. The van der Waals surface area contributed by atoms with Gasteiger partial charge < -0.3 is 15.0 Å². The van der Waals surface area contributed by atoms with Gasteiger partial charge in [0, 0.05) is 42.2 Å². The summed E-state index contributed by atoms with van der Waals surface area (Å²) in [6.45, 7) is 6.31. The lowest BCUT2D eigenvalue weighted by Crippen LogP contribution is -2.48. The molecule has 0 spiro atoms. The van der Waals surface area contributed by atoms with Crippen LogP contribution in [0.1, 0.15) is 39.2 Å². The standard InChI is InChI=1S/C26H35Cl2N3O5S/c1-18(2)16-29-26(33)19(3)30(17-20-11-12-21(27)14-24(20)28)25(32)10-7-13-31(37(5,34)35)22-8-6-9-23(15-22)36-4/h6,8-9,11-12,14-15,18-19H,7,10,13,16-17H2,1-5H3,(H,29,33). The molecule has 37 heavy (non-hydrogen) atoms. The van der Waals surface area contributed by atoms with E-state index in [2.05, 4.69) is 5.32 Å². The summed E-state index contributed by atoms with van der Waals surface area (Å²) in [7, 11) is -2.10. The van der Waals surface area contributed by atoms with E-state index in [0.717, 1.165) is 6.26 Å². The molecule has 204 valence electrons. The van der Waals surface area contributed by atoms with Crippen LogP contribution >= 0.6 is 23.2 Å². The van der Waals surface area contributed by atoms with Crippen molar-refractivity contribution >= 4 is 50.7 Å². The first kappa shape index (κ1) is 30.7. The van der Waals surface area contributed by atoms with Crippen molar-refractivity contribution in [3.8, 4) is 5.75 Å². The minimum atomic E-state index is -3.61. The van der Waals surface area contributed by atoms with Gasteiger partial charge in [-0.15, -0.1) is 0 Å². The van der Waals surface area contributed by atoms with Crippen molar-refractivity contribution in [3.63, 3.8) is 0 Å². The number of amides is 2. The maximum atomic E-state index is 13.4. The Labute approximate surface area is 229 Å². The topological polar surface area (TPSA) is 96.0 Å². The van der Waals surface area contributed by atoms with E-state index >= 15 is 0 Å². The zero-order valence-corrected chi connectivity index (χ0v) is 24.2. The van der Waals surface area contributed by atoms with E-state index in [4.69, 9.17) is 27.9 Å². The third kappa shape index (κ3) is 9.39. The van der Waals surface area contributed by atoms with Gasteiger partial charge in [0.05, 0.1) is 19.1 Å². The van der Waals surface area contributed by atoms with Crippen molar-refractivity contribution in [2.75, 3.05) is 30.8 Å². The molecule has 0 aliphatic heterocycles. The summed E-state index contributed by atoms with van der Waals surface area (Å²) in [5, 5.41) is 3.72. The Morgan fingerprint density at radius 3 is 2.38 bits per heavy atom. The van der Waals surface area contributed by atoms with Crippen molar-refractivity contribution in [3.05, 3.63) is 58.1 Å². The minimum absolute atomic E-state index is 0.0308. The number of carbonyl (C=O) groups excluding carboxylic acids is 2. The number of hydrogen-bond donors (Lipinski definition) is 1. The zero-order chi connectivity index (χ0) is 27.8. The molecule has 2 aromatic carbocycles. The fraction of sp³-hybridized carbons (Fsp3) is 0.462. The molecule has 0 radical (unpaired) electrons. The second kappa shape index (κ2) is 13.9. The van der Waals surface area contributed by atoms with E-state index in [1.54, 1.807) is 49.4 Å². The third-order valence-corrected chi connectivity index (χ3v) is 7.48. The molecule has 0 bridgehead atoms. The minimum Gasteiger partial charge on any atom is -0.497 e. The van der Waals surface area contributed by atoms with Crippen LogP contribution in [0.5, 0.6) is 5.75 Å². The molecule has 8 nitrogen and oxygen atoms in total. The molecule has 0 fully saturated rings. The number of hydrogen-bond acceptors (Lipinski definition) is 5. The fourth-order valence-corrected chi connectivity index (χ4v) is 5.06. The molecule has 1 N–H and O–H groups in total. The molecule has 1 atom stereocenters. The van der Waals surface area contributed by atoms with Gasteiger partial charge in [0.2, 0.25) is 21.8 Å². The molecule has 2 amide bonds. The number of methoxy groups -OCH3 is 1. The first-order valence-electron chi connectivity index (χ1n) is 12.0. The van der Waals surface area contributed by atoms with E-state index < -0.39 is 16.1 Å². The van der Waals surface area contributed by atoms with Crippen LogP contribution in [0.15, 0.2) is 42.5 Å². The Bertz CT molecular complexity index is 1190. The average Bonchev–Trinajstić information content (AvgIpc) is 2.83. The van der Waals surface area contributed by atoms with E-state index in [1.807, 2.05) is 13.8 Å². The SMILES string of the molecule is COc1cccc(N(CCCC(=O)N(Cc2ccc(Cl)cc2Cl)C(C)C(=O)NCC(C)C)S(C)(=O)=O)c1. The van der Waals surface area contributed by atoms with Crippen LogP contribution in [0.25, 0.3) is 0 Å². The van der Waals surface area contributed by atoms with Crippen LogP contribution in [0, 0.1) is 5.92 Å². The Balaban J connectivity index is 2.21. The molecule has 0 heterocycles. The van der Waals surface area contributed by atoms with Gasteiger partial charge in [0.25, 0.3) is 0 Å². The smallest absolute Gasteiger partial charge is 0.242 e. The van der Waals surface area contributed by atoms with Gasteiger partial charge in [-0.3, -0.25) is 13.9 Å². The second-order valence-electron chi connectivity index (χ2n) is 9.21. The van der Waals surface area contributed by atoms with Gasteiger partial charge in [0.15, 0.2) is 0 Å². The highest BCUT2D eigenvalue weighted by Gasteiger charge is 2.27. The van der Waals surface area contributed by atoms with E-state index in [1.165, 1.54) is 16.3 Å². The number of halogens is 2. The van der Waals surface area contributed by atoms with Crippen LogP contribution in [-0.2, 0) is 26.2 Å². The van der Waals surface area contributed by atoms with Gasteiger partial charge in [-0.25, -0.2) is 8.42 Å². The number of nitrogens with zero attached hydrogens (tertiary/aromatic N) is 2. The van der Waals surface area contributed by atoms with E-state index in [-0.39, 0.29) is 43.7 Å². The van der Waals surface area contributed by atoms with E-state index in [0.29, 0.717) is 33.6 Å². The van der Waals surface area contributed by atoms with Gasteiger partial charge in [-0.05, 0) is 49.1 Å². The number of benzene rings is 2. The van der Waals surface area contributed by atoms with Crippen molar-refractivity contribution in [1.82, 2.24) is 10.2 Å². The maximum Gasteiger partial charge on any atom is 0.242 e.